The van der Waals surface area contributed by atoms with Gasteiger partial charge in [-0.3, -0.25) is 4.79 Å². The van der Waals surface area contributed by atoms with Crippen molar-refractivity contribution in [1.82, 2.24) is 10.3 Å². The number of hydrogen-bond donors (Lipinski definition) is 2. The Morgan fingerprint density at radius 2 is 1.74 bits per heavy atom. The highest BCUT2D eigenvalue weighted by Gasteiger charge is 2.24. The van der Waals surface area contributed by atoms with Crippen molar-refractivity contribution in [3.63, 3.8) is 0 Å². The molecule has 0 saturated heterocycles. The maximum absolute atomic E-state index is 13.0. The Hall–Kier alpha value is -3.15. The van der Waals surface area contributed by atoms with Crippen LogP contribution in [0.1, 0.15) is 41.5 Å². The lowest BCUT2D eigenvalue weighted by molar-refractivity contribution is -0.129. The summed E-state index contributed by atoms with van der Waals surface area (Å²) in [6, 6.07) is 13.0. The van der Waals surface area contributed by atoms with Crippen LogP contribution in [0.4, 0.5) is 4.39 Å². The summed E-state index contributed by atoms with van der Waals surface area (Å²) in [7, 11) is 0. The van der Waals surface area contributed by atoms with E-state index in [0.717, 1.165) is 16.5 Å². The first-order valence-corrected chi connectivity index (χ1v) is 8.71. The molecule has 5 nitrogen and oxygen atoms in total. The van der Waals surface area contributed by atoms with Gasteiger partial charge in [0.05, 0.1) is 11.6 Å². The topological polar surface area (TPSA) is 71.2 Å². The Bertz CT molecular complexity index is 979. The van der Waals surface area contributed by atoms with Gasteiger partial charge in [-0.05, 0) is 44.5 Å². The van der Waals surface area contributed by atoms with Crippen LogP contribution in [0.2, 0.25) is 0 Å². The van der Waals surface area contributed by atoms with Crippen LogP contribution >= 0.6 is 0 Å². The number of carbonyl (C=O) groups is 2. The Morgan fingerprint density at radius 3 is 2.44 bits per heavy atom. The number of amides is 1. The number of H-pyrrole nitrogens is 1. The maximum atomic E-state index is 13.0. The molecule has 2 atom stereocenters. The fraction of sp³-hybridized carbons (Fsp3) is 0.238. The molecule has 2 unspecified atom stereocenters. The molecule has 3 rings (SSSR count). The molecule has 0 bridgehead atoms. The summed E-state index contributed by atoms with van der Waals surface area (Å²) in [6.45, 7) is 5.09. The van der Waals surface area contributed by atoms with Crippen molar-refractivity contribution in [1.29, 1.82) is 0 Å². The lowest BCUT2D eigenvalue weighted by atomic mass is 10.1. The molecule has 0 radical (unpaired) electrons. The molecule has 0 saturated carbocycles. The largest absolute Gasteiger partial charge is 0.449 e. The summed E-state index contributed by atoms with van der Waals surface area (Å²) in [4.78, 5) is 28.1. The van der Waals surface area contributed by atoms with Crippen molar-refractivity contribution in [2.45, 2.75) is 32.9 Å². The smallest absolute Gasteiger partial charge is 0.341 e. The van der Waals surface area contributed by atoms with Crippen LogP contribution in [0.3, 0.4) is 0 Å². The van der Waals surface area contributed by atoms with Crippen LogP contribution in [0, 0.1) is 12.7 Å². The third kappa shape index (κ3) is 4.00. The van der Waals surface area contributed by atoms with E-state index in [1.807, 2.05) is 24.3 Å². The van der Waals surface area contributed by atoms with Crippen molar-refractivity contribution in [3.8, 4) is 0 Å². The molecule has 6 heteroatoms. The Kier molecular flexibility index (Phi) is 5.26. The second-order valence-corrected chi connectivity index (χ2v) is 6.50. The molecule has 0 aliphatic carbocycles. The highest BCUT2D eigenvalue weighted by Crippen LogP contribution is 2.23. The number of aromatic nitrogens is 1. The summed E-state index contributed by atoms with van der Waals surface area (Å²) in [5, 5.41) is 3.53. The number of benzene rings is 2. The fourth-order valence-corrected chi connectivity index (χ4v) is 2.98. The number of nitrogens with one attached hydrogen (secondary N) is 2. The average Bonchev–Trinajstić information content (AvgIpc) is 2.97. The highest BCUT2D eigenvalue weighted by molar-refractivity contribution is 6.06. The van der Waals surface area contributed by atoms with Gasteiger partial charge in [0.25, 0.3) is 5.91 Å². The van der Waals surface area contributed by atoms with Crippen molar-refractivity contribution in [2.24, 2.45) is 0 Å². The molecule has 2 N–H and O–H groups in total. The Labute approximate surface area is 156 Å². The second-order valence-electron chi connectivity index (χ2n) is 6.50. The summed E-state index contributed by atoms with van der Waals surface area (Å²) >= 11 is 0. The van der Waals surface area contributed by atoms with Gasteiger partial charge in [0.15, 0.2) is 6.10 Å². The molecular formula is C21H21FN2O3. The van der Waals surface area contributed by atoms with Gasteiger partial charge in [-0.1, -0.05) is 30.3 Å². The molecule has 0 spiro atoms. The summed E-state index contributed by atoms with van der Waals surface area (Å²) < 4.78 is 18.4. The van der Waals surface area contributed by atoms with Gasteiger partial charge < -0.3 is 15.0 Å². The first-order valence-electron chi connectivity index (χ1n) is 8.71. The number of aromatic amines is 1. The van der Waals surface area contributed by atoms with E-state index in [1.54, 1.807) is 26.0 Å². The van der Waals surface area contributed by atoms with E-state index < -0.39 is 18.0 Å². The van der Waals surface area contributed by atoms with Gasteiger partial charge >= 0.3 is 5.97 Å². The SMILES string of the molecule is Cc1[nH]c2ccccc2c1C(=O)OC(C)C(=O)NC(C)c1ccc(F)cc1. The molecule has 0 fully saturated rings. The number of rotatable bonds is 5. The van der Waals surface area contributed by atoms with Crippen LogP contribution < -0.4 is 5.32 Å². The zero-order chi connectivity index (χ0) is 19.6. The monoisotopic (exact) mass is 368 g/mol. The lowest BCUT2D eigenvalue weighted by Crippen LogP contribution is -2.37. The lowest BCUT2D eigenvalue weighted by Gasteiger charge is -2.18. The molecule has 1 amide bonds. The minimum Gasteiger partial charge on any atom is -0.449 e. The number of para-hydroxylation sites is 1. The van der Waals surface area contributed by atoms with Crippen LogP contribution in [0.15, 0.2) is 48.5 Å². The molecule has 27 heavy (non-hydrogen) atoms. The Balaban J connectivity index is 1.67. The third-order valence-electron chi connectivity index (χ3n) is 4.48. The van der Waals surface area contributed by atoms with E-state index >= 15 is 0 Å². The number of carbonyl (C=O) groups excluding carboxylic acids is 2. The van der Waals surface area contributed by atoms with E-state index in [-0.39, 0.29) is 11.9 Å². The van der Waals surface area contributed by atoms with E-state index in [4.69, 9.17) is 4.74 Å². The first-order chi connectivity index (χ1) is 12.9. The predicted octanol–water partition coefficient (Wildman–Crippen LogP) is 4.04. The van der Waals surface area contributed by atoms with E-state index in [1.165, 1.54) is 19.1 Å². The number of halogens is 1. The van der Waals surface area contributed by atoms with Crippen molar-refractivity contribution in [2.75, 3.05) is 0 Å². The number of ether oxygens (including phenoxy) is 1. The van der Waals surface area contributed by atoms with Crippen LogP contribution in [-0.2, 0) is 9.53 Å². The highest BCUT2D eigenvalue weighted by atomic mass is 19.1. The third-order valence-corrected chi connectivity index (χ3v) is 4.48. The molecular weight excluding hydrogens is 347 g/mol. The van der Waals surface area contributed by atoms with Gasteiger partial charge in [0.1, 0.15) is 5.82 Å². The van der Waals surface area contributed by atoms with Gasteiger partial charge in [-0.2, -0.15) is 0 Å². The minimum atomic E-state index is -0.964. The first kappa shape index (κ1) is 18.6. The van der Waals surface area contributed by atoms with Gasteiger partial charge in [-0.15, -0.1) is 0 Å². The molecule has 140 valence electrons. The number of aryl methyl sites for hydroxylation is 1. The van der Waals surface area contributed by atoms with Crippen LogP contribution in [0.5, 0.6) is 0 Å². The molecule has 0 aliphatic rings. The maximum Gasteiger partial charge on any atom is 0.341 e. The standard InChI is InChI=1S/C21H21FN2O3/c1-12(15-8-10-16(22)11-9-15)24-20(25)14(3)27-21(26)19-13(2)23-18-7-5-4-6-17(18)19/h4-12,14,23H,1-3H3,(H,24,25). The summed E-state index contributed by atoms with van der Waals surface area (Å²) in [5.74, 6) is -1.31. The van der Waals surface area contributed by atoms with E-state index in [2.05, 4.69) is 10.3 Å². The zero-order valence-corrected chi connectivity index (χ0v) is 15.4. The number of fused-ring (bicyclic) bond motifs is 1. The van der Waals surface area contributed by atoms with Crippen molar-refractivity contribution in [3.05, 3.63) is 71.2 Å². The number of esters is 1. The van der Waals surface area contributed by atoms with Gasteiger partial charge in [-0.25, -0.2) is 9.18 Å². The van der Waals surface area contributed by atoms with E-state index in [0.29, 0.717) is 11.3 Å². The normalized spacial score (nSPS) is 13.2. The molecule has 1 aromatic heterocycles. The van der Waals surface area contributed by atoms with Gasteiger partial charge in [0, 0.05) is 16.6 Å². The molecule has 1 heterocycles. The quantitative estimate of drug-likeness (QED) is 0.668. The molecule has 3 aromatic rings. The zero-order valence-electron chi connectivity index (χ0n) is 15.4. The molecule has 2 aromatic carbocycles. The van der Waals surface area contributed by atoms with Crippen molar-refractivity contribution >= 4 is 22.8 Å². The second kappa shape index (κ2) is 7.61. The fourth-order valence-electron chi connectivity index (χ4n) is 2.98. The summed E-state index contributed by atoms with van der Waals surface area (Å²) in [6.07, 6.45) is -0.964. The number of hydrogen-bond acceptors (Lipinski definition) is 3. The Morgan fingerprint density at radius 1 is 1.07 bits per heavy atom. The average molecular weight is 368 g/mol. The summed E-state index contributed by atoms with van der Waals surface area (Å²) in [5.41, 5.74) is 2.71. The molecule has 0 aliphatic heterocycles. The van der Waals surface area contributed by atoms with Crippen molar-refractivity contribution < 1.29 is 18.7 Å². The predicted molar refractivity (Wildman–Crippen MR) is 101 cm³/mol. The van der Waals surface area contributed by atoms with Gasteiger partial charge in [0.2, 0.25) is 0 Å². The minimum absolute atomic E-state index is 0.339. The van der Waals surface area contributed by atoms with Crippen LogP contribution in [-0.4, -0.2) is 23.0 Å². The van der Waals surface area contributed by atoms with Crippen LogP contribution in [0.25, 0.3) is 10.9 Å². The van der Waals surface area contributed by atoms with E-state index in [9.17, 15) is 14.0 Å².